The van der Waals surface area contributed by atoms with E-state index in [4.69, 9.17) is 0 Å². The van der Waals surface area contributed by atoms with Crippen molar-refractivity contribution in [3.8, 4) is 0 Å². The van der Waals surface area contributed by atoms with Crippen LogP contribution in [0.3, 0.4) is 0 Å². The molecular weight excluding hydrogens is 206 g/mol. The summed E-state index contributed by atoms with van der Waals surface area (Å²) in [6.07, 6.45) is 4.19. The normalized spacial score (nSPS) is 12.1. The van der Waals surface area contributed by atoms with Gasteiger partial charge in [-0.25, -0.2) is 4.98 Å². The van der Waals surface area contributed by atoms with E-state index in [0.717, 1.165) is 41.3 Å². The average molecular weight is 227 g/mol. The first kappa shape index (κ1) is 12.7. The third-order valence-electron chi connectivity index (χ3n) is 2.25. The number of nitrogens with zero attached hydrogens (tertiary/aromatic N) is 1. The quantitative estimate of drug-likeness (QED) is 0.837. The fraction of sp³-hybridized carbons (Fsp3) is 0.750. The molecule has 0 saturated heterocycles. The highest BCUT2D eigenvalue weighted by molar-refractivity contribution is 7.11. The molecule has 1 aromatic heterocycles. The average Bonchev–Trinajstić information content (AvgIpc) is 2.49. The molecule has 0 spiro atoms. The molecule has 86 valence electrons. The molecule has 1 aromatic rings. The zero-order valence-corrected chi connectivity index (χ0v) is 10.9. The highest BCUT2D eigenvalue weighted by atomic mass is 32.1. The van der Waals surface area contributed by atoms with Gasteiger partial charge in [0.1, 0.15) is 0 Å². The zero-order chi connectivity index (χ0) is 11.5. The van der Waals surface area contributed by atoms with Crippen LogP contribution in [0, 0.1) is 0 Å². The van der Waals surface area contributed by atoms with Gasteiger partial charge in [-0.3, -0.25) is 0 Å². The Bertz CT molecular complexity index is 312. The monoisotopic (exact) mass is 227 g/mol. The molecule has 0 aromatic carbocycles. The molecule has 2 nitrogen and oxygen atoms in total. The van der Waals surface area contributed by atoms with Crippen molar-refractivity contribution >= 4 is 11.3 Å². The minimum absolute atomic E-state index is 0.742. The Hall–Kier alpha value is -0.410. The summed E-state index contributed by atoms with van der Waals surface area (Å²) in [5.74, 6) is 0. The Kier molecular flexibility index (Phi) is 4.29. The first-order valence-electron chi connectivity index (χ1n) is 5.70. The van der Waals surface area contributed by atoms with Crippen molar-refractivity contribution in [3.63, 3.8) is 0 Å². The van der Waals surface area contributed by atoms with Crippen LogP contribution < -0.4 is 0 Å². The number of thiazole rings is 1. The molecule has 0 amide bonds. The van der Waals surface area contributed by atoms with E-state index in [-0.39, 0.29) is 0 Å². The lowest BCUT2D eigenvalue weighted by Gasteiger charge is -2.16. The third kappa shape index (κ3) is 3.28. The van der Waals surface area contributed by atoms with Crippen LogP contribution >= 0.6 is 11.3 Å². The van der Waals surface area contributed by atoms with Gasteiger partial charge in [0.05, 0.1) is 21.2 Å². The molecule has 0 aliphatic heterocycles. The van der Waals surface area contributed by atoms with E-state index in [1.165, 1.54) is 0 Å². The SMILES string of the molecule is CCCc1nc(CCC)c(C(C)(C)O)s1. The van der Waals surface area contributed by atoms with Gasteiger partial charge in [0.25, 0.3) is 0 Å². The summed E-state index contributed by atoms with van der Waals surface area (Å²) in [5.41, 5.74) is 0.354. The molecule has 0 unspecified atom stereocenters. The van der Waals surface area contributed by atoms with E-state index in [1.54, 1.807) is 11.3 Å². The number of aromatic nitrogens is 1. The van der Waals surface area contributed by atoms with Gasteiger partial charge in [0.15, 0.2) is 0 Å². The molecule has 0 aliphatic rings. The van der Waals surface area contributed by atoms with Crippen molar-refractivity contribution in [1.82, 2.24) is 4.98 Å². The number of hydrogen-bond donors (Lipinski definition) is 1. The van der Waals surface area contributed by atoms with Gasteiger partial charge in [0, 0.05) is 0 Å². The lowest BCUT2D eigenvalue weighted by atomic mass is 10.0. The first-order chi connectivity index (χ1) is 6.99. The number of hydrogen-bond acceptors (Lipinski definition) is 3. The van der Waals surface area contributed by atoms with Gasteiger partial charge in [-0.2, -0.15) is 0 Å². The summed E-state index contributed by atoms with van der Waals surface area (Å²) < 4.78 is 0. The maximum Gasteiger partial charge on any atom is 0.0950 e. The molecule has 1 rings (SSSR count). The molecule has 0 bridgehead atoms. The number of aliphatic hydroxyl groups is 1. The van der Waals surface area contributed by atoms with Crippen LogP contribution in [0.4, 0.5) is 0 Å². The molecule has 0 atom stereocenters. The number of aryl methyl sites for hydroxylation is 2. The Morgan fingerprint density at radius 1 is 1.20 bits per heavy atom. The van der Waals surface area contributed by atoms with E-state index < -0.39 is 5.60 Å². The van der Waals surface area contributed by atoms with Crippen molar-refractivity contribution in [2.24, 2.45) is 0 Å². The predicted octanol–water partition coefficient (Wildman–Crippen LogP) is 3.28. The summed E-state index contributed by atoms with van der Waals surface area (Å²) in [6, 6.07) is 0. The molecule has 1 N–H and O–H groups in total. The second-order valence-electron chi connectivity index (χ2n) is 4.44. The Balaban J connectivity index is 3.00. The molecule has 15 heavy (non-hydrogen) atoms. The molecule has 3 heteroatoms. The molecule has 1 heterocycles. The maximum absolute atomic E-state index is 10.0. The minimum atomic E-state index is -0.742. The van der Waals surface area contributed by atoms with Crippen LogP contribution in [0.25, 0.3) is 0 Å². The van der Waals surface area contributed by atoms with E-state index in [0.29, 0.717) is 0 Å². The Labute approximate surface area is 96.4 Å². The largest absolute Gasteiger partial charge is 0.385 e. The van der Waals surface area contributed by atoms with Gasteiger partial charge in [0.2, 0.25) is 0 Å². The Morgan fingerprint density at radius 2 is 1.80 bits per heavy atom. The van der Waals surface area contributed by atoms with Gasteiger partial charge in [-0.1, -0.05) is 20.3 Å². The first-order valence-corrected chi connectivity index (χ1v) is 6.52. The number of rotatable bonds is 5. The van der Waals surface area contributed by atoms with Crippen LogP contribution in [0.5, 0.6) is 0 Å². The Morgan fingerprint density at radius 3 is 2.27 bits per heavy atom. The van der Waals surface area contributed by atoms with Crippen LogP contribution in [-0.4, -0.2) is 10.1 Å². The predicted molar refractivity (Wildman–Crippen MR) is 65.3 cm³/mol. The fourth-order valence-electron chi connectivity index (χ4n) is 1.61. The van der Waals surface area contributed by atoms with Crippen molar-refractivity contribution in [1.29, 1.82) is 0 Å². The molecule has 0 radical (unpaired) electrons. The van der Waals surface area contributed by atoms with Crippen molar-refractivity contribution in [2.45, 2.75) is 59.0 Å². The summed E-state index contributed by atoms with van der Waals surface area (Å²) in [5, 5.41) is 11.2. The van der Waals surface area contributed by atoms with Crippen molar-refractivity contribution in [3.05, 3.63) is 15.6 Å². The van der Waals surface area contributed by atoms with Gasteiger partial charge in [-0.05, 0) is 33.1 Å². The van der Waals surface area contributed by atoms with Crippen LogP contribution in [0.1, 0.15) is 56.1 Å². The second kappa shape index (κ2) is 5.08. The molecular formula is C12H21NOS. The summed E-state index contributed by atoms with van der Waals surface area (Å²) in [6.45, 7) is 7.99. The zero-order valence-electron chi connectivity index (χ0n) is 10.1. The van der Waals surface area contributed by atoms with Crippen molar-refractivity contribution in [2.75, 3.05) is 0 Å². The highest BCUT2D eigenvalue weighted by Gasteiger charge is 2.24. The minimum Gasteiger partial charge on any atom is -0.385 e. The maximum atomic E-state index is 10.0. The third-order valence-corrected chi connectivity index (χ3v) is 3.72. The van der Waals surface area contributed by atoms with E-state index >= 15 is 0 Å². The van der Waals surface area contributed by atoms with E-state index in [9.17, 15) is 5.11 Å². The summed E-state index contributed by atoms with van der Waals surface area (Å²) in [4.78, 5) is 5.66. The van der Waals surface area contributed by atoms with Gasteiger partial charge < -0.3 is 5.11 Å². The molecule has 0 fully saturated rings. The lowest BCUT2D eigenvalue weighted by Crippen LogP contribution is -2.15. The van der Waals surface area contributed by atoms with Crippen LogP contribution in [0.2, 0.25) is 0 Å². The van der Waals surface area contributed by atoms with Crippen LogP contribution in [-0.2, 0) is 18.4 Å². The lowest BCUT2D eigenvalue weighted by molar-refractivity contribution is 0.0813. The molecule has 0 saturated carbocycles. The molecule has 0 aliphatic carbocycles. The summed E-state index contributed by atoms with van der Waals surface area (Å²) >= 11 is 1.67. The summed E-state index contributed by atoms with van der Waals surface area (Å²) in [7, 11) is 0. The van der Waals surface area contributed by atoms with Gasteiger partial charge in [-0.15, -0.1) is 11.3 Å². The van der Waals surface area contributed by atoms with E-state index in [1.807, 2.05) is 13.8 Å². The van der Waals surface area contributed by atoms with Crippen LogP contribution in [0.15, 0.2) is 0 Å². The standard InChI is InChI=1S/C12H21NOS/c1-5-7-9-11(12(3,4)14)15-10(13-9)8-6-2/h14H,5-8H2,1-4H3. The second-order valence-corrected chi connectivity index (χ2v) is 5.53. The topological polar surface area (TPSA) is 33.1 Å². The van der Waals surface area contributed by atoms with E-state index in [2.05, 4.69) is 18.8 Å². The fourth-order valence-corrected chi connectivity index (χ4v) is 2.82. The smallest absolute Gasteiger partial charge is 0.0950 e. The van der Waals surface area contributed by atoms with Crippen molar-refractivity contribution < 1.29 is 5.11 Å². The van der Waals surface area contributed by atoms with Gasteiger partial charge >= 0.3 is 0 Å². The highest BCUT2D eigenvalue weighted by Crippen LogP contribution is 2.31.